The van der Waals surface area contributed by atoms with Crippen LogP contribution in [0.1, 0.15) is 5.56 Å². The SMILES string of the molecule is [CH2-]CN(C[CH2-])c1ccc(OC)cc1.[CH2-]c1ccc(O)c2ncccc12.[Li+]. The largest absolute Gasteiger partial charge is 1.00 e. The van der Waals surface area contributed by atoms with Crippen LogP contribution >= 0.6 is 0 Å². The van der Waals surface area contributed by atoms with Crippen LogP contribution in [-0.4, -0.2) is 30.3 Å². The quantitative estimate of drug-likeness (QED) is 0.573. The van der Waals surface area contributed by atoms with E-state index in [-0.39, 0.29) is 24.6 Å². The van der Waals surface area contributed by atoms with Gasteiger partial charge in [-0.1, -0.05) is 17.5 Å². The molecule has 132 valence electrons. The third-order valence-corrected chi connectivity index (χ3v) is 3.82. The Morgan fingerprint density at radius 1 is 1.04 bits per heavy atom. The Labute approximate surface area is 168 Å². The summed E-state index contributed by atoms with van der Waals surface area (Å²) in [5, 5.41) is 10.3. The van der Waals surface area contributed by atoms with Crippen molar-refractivity contribution in [3.8, 4) is 11.5 Å². The predicted octanol–water partition coefficient (Wildman–Crippen LogP) is 1.30. The third-order valence-electron chi connectivity index (χ3n) is 3.82. The number of aromatic nitrogens is 1. The molecule has 26 heavy (non-hydrogen) atoms. The Kier molecular flexibility index (Phi) is 8.91. The molecule has 1 N–H and O–H groups in total. The summed E-state index contributed by atoms with van der Waals surface area (Å²) in [5.74, 6) is 1.08. The number of phenols is 1. The summed E-state index contributed by atoms with van der Waals surface area (Å²) >= 11 is 0. The summed E-state index contributed by atoms with van der Waals surface area (Å²) in [7, 11) is 1.66. The van der Waals surface area contributed by atoms with E-state index in [1.54, 1.807) is 25.4 Å². The molecule has 0 fully saturated rings. The second kappa shape index (κ2) is 10.7. The van der Waals surface area contributed by atoms with Crippen LogP contribution in [0, 0.1) is 20.8 Å². The average Bonchev–Trinajstić information content (AvgIpc) is 2.67. The Morgan fingerprint density at radius 2 is 1.69 bits per heavy atom. The van der Waals surface area contributed by atoms with Gasteiger partial charge in [0.25, 0.3) is 0 Å². The van der Waals surface area contributed by atoms with Crippen molar-refractivity contribution in [3.63, 3.8) is 0 Å². The van der Waals surface area contributed by atoms with Gasteiger partial charge in [0.2, 0.25) is 0 Å². The van der Waals surface area contributed by atoms with Gasteiger partial charge in [-0.25, -0.2) is 0 Å². The van der Waals surface area contributed by atoms with Crippen LogP contribution in [0.3, 0.4) is 0 Å². The Balaban J connectivity index is 0.000000251. The first-order chi connectivity index (χ1) is 12.1. The molecule has 0 bridgehead atoms. The van der Waals surface area contributed by atoms with Gasteiger partial charge in [-0.2, -0.15) is 18.6 Å². The smallest absolute Gasteiger partial charge is 0.508 e. The number of hydrogen-bond acceptors (Lipinski definition) is 4. The van der Waals surface area contributed by atoms with Gasteiger partial charge in [-0.05, 0) is 24.3 Å². The molecule has 0 aliphatic rings. The molecule has 0 aliphatic heterocycles. The second-order valence-corrected chi connectivity index (χ2v) is 5.33. The minimum absolute atomic E-state index is 0. The zero-order valence-corrected chi connectivity index (χ0v) is 15.5. The fourth-order valence-corrected chi connectivity index (χ4v) is 2.38. The number of aromatic hydroxyl groups is 1. The molecule has 0 amide bonds. The van der Waals surface area contributed by atoms with Crippen molar-refractivity contribution in [2.45, 2.75) is 0 Å². The van der Waals surface area contributed by atoms with Crippen LogP contribution in [0.2, 0.25) is 0 Å². The molecule has 0 atom stereocenters. The number of phenolic OH excluding ortho intramolecular Hbond substituents is 1. The predicted molar refractivity (Wildman–Crippen MR) is 104 cm³/mol. The Morgan fingerprint density at radius 3 is 2.23 bits per heavy atom. The molecule has 0 saturated heterocycles. The second-order valence-electron chi connectivity index (χ2n) is 5.33. The van der Waals surface area contributed by atoms with Gasteiger partial charge < -0.3 is 28.6 Å². The molecule has 0 saturated carbocycles. The Bertz CT molecular complexity index is 762. The first-order valence-electron chi connectivity index (χ1n) is 7.96. The number of nitrogens with zero attached hydrogens (tertiary/aromatic N) is 2. The topological polar surface area (TPSA) is 45.6 Å². The number of fused-ring (bicyclic) bond motifs is 1. The molecular formula is C21H23LiN2O2-2. The van der Waals surface area contributed by atoms with Gasteiger partial charge in [-0.15, -0.1) is 19.2 Å². The van der Waals surface area contributed by atoms with E-state index in [1.807, 2.05) is 36.4 Å². The van der Waals surface area contributed by atoms with E-state index < -0.39 is 0 Å². The maximum atomic E-state index is 9.41. The van der Waals surface area contributed by atoms with Crippen LogP contribution in [-0.2, 0) is 0 Å². The number of rotatable bonds is 4. The molecule has 0 spiro atoms. The van der Waals surface area contributed by atoms with Gasteiger partial charge in [0.1, 0.15) is 11.5 Å². The molecule has 0 aliphatic carbocycles. The van der Waals surface area contributed by atoms with Crippen molar-refractivity contribution in [2.24, 2.45) is 0 Å². The average molecular weight is 342 g/mol. The number of hydrogen-bond donors (Lipinski definition) is 1. The summed E-state index contributed by atoms with van der Waals surface area (Å²) in [6.07, 6.45) is 1.65. The van der Waals surface area contributed by atoms with Gasteiger partial charge in [0.15, 0.2) is 0 Å². The summed E-state index contributed by atoms with van der Waals surface area (Å²) in [4.78, 5) is 6.13. The minimum atomic E-state index is 0. The molecule has 1 heterocycles. The summed E-state index contributed by atoms with van der Waals surface area (Å²) in [6, 6.07) is 15.0. The fourth-order valence-electron chi connectivity index (χ4n) is 2.38. The molecule has 4 nitrogen and oxygen atoms in total. The zero-order chi connectivity index (χ0) is 18.2. The number of pyridine rings is 1. The number of anilines is 1. The monoisotopic (exact) mass is 342 g/mol. The number of methoxy groups -OCH3 is 1. The standard InChI is InChI=1S/C11H15NO.C10H8NO.Li/c1-4-12(5-2)10-6-8-11(13-3)9-7-10;1-7-4-5-9(12)10-8(7)3-2-6-11-10;/h6-9H,1-2,4-5H2,3H3;2-6,12H,1H2;/q-2;-1;+1. The van der Waals surface area contributed by atoms with Crippen molar-refractivity contribution in [1.29, 1.82) is 0 Å². The maximum Gasteiger partial charge on any atom is 1.00 e. The summed E-state index contributed by atoms with van der Waals surface area (Å²) in [6.45, 7) is 13.0. The van der Waals surface area contributed by atoms with Crippen LogP contribution in [0.25, 0.3) is 10.9 Å². The Hall–Kier alpha value is -2.28. The van der Waals surface area contributed by atoms with Crippen LogP contribution in [0.5, 0.6) is 11.5 Å². The van der Waals surface area contributed by atoms with Crippen molar-refractivity contribution in [1.82, 2.24) is 4.98 Å². The molecule has 0 unspecified atom stereocenters. The minimum Gasteiger partial charge on any atom is -0.508 e. The number of ether oxygens (including phenoxy) is 1. The molecule has 3 aromatic rings. The summed E-state index contributed by atoms with van der Waals surface area (Å²) < 4.78 is 5.07. The van der Waals surface area contributed by atoms with Crippen molar-refractivity contribution >= 4 is 16.6 Å². The van der Waals surface area contributed by atoms with Crippen LogP contribution in [0.4, 0.5) is 5.69 Å². The fraction of sp³-hybridized carbons (Fsp3) is 0.143. The van der Waals surface area contributed by atoms with E-state index in [0.717, 1.165) is 35.5 Å². The van der Waals surface area contributed by atoms with Gasteiger partial charge >= 0.3 is 18.9 Å². The van der Waals surface area contributed by atoms with E-state index in [9.17, 15) is 5.11 Å². The molecule has 3 rings (SSSR count). The van der Waals surface area contributed by atoms with Crippen LogP contribution < -0.4 is 28.5 Å². The molecule has 5 heteroatoms. The van der Waals surface area contributed by atoms with Gasteiger partial charge in [0, 0.05) is 11.9 Å². The van der Waals surface area contributed by atoms with Crippen molar-refractivity contribution < 1.29 is 28.7 Å². The van der Waals surface area contributed by atoms with E-state index in [4.69, 9.17) is 4.74 Å². The maximum absolute atomic E-state index is 9.41. The molecule has 1 aromatic heterocycles. The molecule has 2 aromatic carbocycles. The first-order valence-corrected chi connectivity index (χ1v) is 7.96. The third kappa shape index (κ3) is 5.36. The number of benzene rings is 2. The molecule has 0 radical (unpaired) electrons. The summed E-state index contributed by atoms with van der Waals surface area (Å²) in [5.41, 5.74) is 2.63. The molecular weight excluding hydrogens is 319 g/mol. The first kappa shape index (κ1) is 21.8. The van der Waals surface area contributed by atoms with E-state index >= 15 is 0 Å². The van der Waals surface area contributed by atoms with Gasteiger partial charge in [0.05, 0.1) is 12.6 Å². The van der Waals surface area contributed by atoms with E-state index in [0.29, 0.717) is 5.52 Å². The van der Waals surface area contributed by atoms with Crippen LogP contribution in [0.15, 0.2) is 54.7 Å². The normalized spacial score (nSPS) is 9.65. The van der Waals surface area contributed by atoms with Crippen molar-refractivity contribution in [2.75, 3.05) is 25.1 Å². The van der Waals surface area contributed by atoms with Crippen molar-refractivity contribution in [3.05, 3.63) is 81.1 Å². The zero-order valence-electron chi connectivity index (χ0n) is 15.5. The van der Waals surface area contributed by atoms with Gasteiger partial charge in [-0.3, -0.25) is 4.98 Å². The van der Waals surface area contributed by atoms with E-state index in [2.05, 4.69) is 30.7 Å². The van der Waals surface area contributed by atoms with E-state index in [1.165, 1.54) is 0 Å².